The lowest BCUT2D eigenvalue weighted by Gasteiger charge is -2.36. The summed E-state index contributed by atoms with van der Waals surface area (Å²) in [5.41, 5.74) is 0. The quantitative estimate of drug-likeness (QED) is 0.573. The summed E-state index contributed by atoms with van der Waals surface area (Å²) < 4.78 is 23.9. The standard InChI is InChI=1S/C7H15N2O2S/c1-7-6-8(2)4-5-9(7)12(3,10)11/h7H,2,4-6H2,1,3H3. The zero-order valence-corrected chi connectivity index (χ0v) is 8.34. The fourth-order valence-corrected chi connectivity index (χ4v) is 2.64. The smallest absolute Gasteiger partial charge is 0.211 e. The van der Waals surface area contributed by atoms with Gasteiger partial charge in [-0.15, -0.1) is 0 Å². The second-order valence-corrected chi connectivity index (χ2v) is 5.23. The maximum absolute atomic E-state index is 11.2. The third-order valence-corrected chi connectivity index (χ3v) is 3.47. The van der Waals surface area contributed by atoms with E-state index in [1.807, 2.05) is 11.8 Å². The molecule has 1 fully saturated rings. The highest BCUT2D eigenvalue weighted by Crippen LogP contribution is 2.11. The molecule has 0 bridgehead atoms. The van der Waals surface area contributed by atoms with Crippen LogP contribution in [0.4, 0.5) is 0 Å². The minimum absolute atomic E-state index is 0.0475. The van der Waals surface area contributed by atoms with Crippen LogP contribution < -0.4 is 0 Å². The molecular weight excluding hydrogens is 176 g/mol. The SMILES string of the molecule is [CH2]N1CCN(S(C)(=O)=O)C(C)C1. The molecule has 1 unspecified atom stereocenters. The lowest BCUT2D eigenvalue weighted by atomic mass is 10.2. The fraction of sp³-hybridized carbons (Fsp3) is 0.857. The van der Waals surface area contributed by atoms with Crippen LogP contribution in [0.15, 0.2) is 0 Å². The van der Waals surface area contributed by atoms with Crippen molar-refractivity contribution >= 4 is 10.0 Å². The molecule has 4 nitrogen and oxygen atoms in total. The largest absolute Gasteiger partial charge is 0.299 e. The highest BCUT2D eigenvalue weighted by Gasteiger charge is 2.27. The van der Waals surface area contributed by atoms with Crippen LogP contribution >= 0.6 is 0 Å². The molecule has 1 atom stereocenters. The Labute approximate surface area is 74.2 Å². The van der Waals surface area contributed by atoms with Gasteiger partial charge < -0.3 is 0 Å². The number of nitrogens with zero attached hydrogens (tertiary/aromatic N) is 2. The highest BCUT2D eigenvalue weighted by atomic mass is 32.2. The van der Waals surface area contributed by atoms with E-state index in [9.17, 15) is 8.42 Å². The molecule has 1 heterocycles. The van der Waals surface area contributed by atoms with Crippen molar-refractivity contribution in [3.8, 4) is 0 Å². The maximum Gasteiger partial charge on any atom is 0.211 e. The van der Waals surface area contributed by atoms with Crippen LogP contribution in [-0.2, 0) is 10.0 Å². The van der Waals surface area contributed by atoms with Gasteiger partial charge in [-0.1, -0.05) is 0 Å². The van der Waals surface area contributed by atoms with Crippen molar-refractivity contribution < 1.29 is 8.42 Å². The number of hydrogen-bond donors (Lipinski definition) is 0. The molecule has 0 N–H and O–H groups in total. The third kappa shape index (κ3) is 2.18. The van der Waals surface area contributed by atoms with E-state index in [1.165, 1.54) is 10.6 Å². The van der Waals surface area contributed by atoms with Crippen LogP contribution in [0.1, 0.15) is 6.92 Å². The topological polar surface area (TPSA) is 40.6 Å². The number of piperazine rings is 1. The molecule has 0 saturated carbocycles. The average molecular weight is 191 g/mol. The minimum Gasteiger partial charge on any atom is -0.299 e. The van der Waals surface area contributed by atoms with Gasteiger partial charge in [0.1, 0.15) is 0 Å². The predicted molar refractivity (Wildman–Crippen MR) is 47.9 cm³/mol. The summed E-state index contributed by atoms with van der Waals surface area (Å²) in [7, 11) is 0.757. The van der Waals surface area contributed by atoms with Crippen LogP contribution in [0, 0.1) is 7.05 Å². The van der Waals surface area contributed by atoms with Gasteiger partial charge >= 0.3 is 0 Å². The Kier molecular flexibility index (Phi) is 2.75. The molecule has 12 heavy (non-hydrogen) atoms. The van der Waals surface area contributed by atoms with Gasteiger partial charge in [-0.2, -0.15) is 4.31 Å². The van der Waals surface area contributed by atoms with Crippen LogP contribution in [0.5, 0.6) is 0 Å². The van der Waals surface area contributed by atoms with Gasteiger partial charge in [0.25, 0.3) is 0 Å². The van der Waals surface area contributed by atoms with E-state index in [-0.39, 0.29) is 6.04 Å². The number of rotatable bonds is 1. The van der Waals surface area contributed by atoms with Crippen molar-refractivity contribution in [2.24, 2.45) is 0 Å². The molecule has 0 aromatic heterocycles. The van der Waals surface area contributed by atoms with Gasteiger partial charge in [0.15, 0.2) is 0 Å². The Morgan fingerprint density at radius 3 is 2.42 bits per heavy atom. The normalized spacial score (nSPS) is 29.1. The first-order valence-corrected chi connectivity index (χ1v) is 5.78. The molecule has 1 radical (unpaired) electrons. The first kappa shape index (κ1) is 9.95. The summed E-state index contributed by atoms with van der Waals surface area (Å²) in [6, 6.07) is 0.0475. The molecule has 0 spiro atoms. The highest BCUT2D eigenvalue weighted by molar-refractivity contribution is 7.88. The van der Waals surface area contributed by atoms with Gasteiger partial charge in [-0.3, -0.25) is 4.90 Å². The van der Waals surface area contributed by atoms with E-state index in [0.717, 1.165) is 6.54 Å². The van der Waals surface area contributed by atoms with E-state index >= 15 is 0 Å². The summed E-state index contributed by atoms with van der Waals surface area (Å²) in [4.78, 5) is 1.90. The molecule has 1 saturated heterocycles. The fourth-order valence-electron chi connectivity index (χ4n) is 1.51. The number of hydrogen-bond acceptors (Lipinski definition) is 3. The van der Waals surface area contributed by atoms with Crippen LogP contribution in [0.25, 0.3) is 0 Å². The van der Waals surface area contributed by atoms with Gasteiger partial charge in [0.2, 0.25) is 10.0 Å². The summed E-state index contributed by atoms with van der Waals surface area (Å²) in [6.45, 7) is 3.90. The van der Waals surface area contributed by atoms with Gasteiger partial charge in [-0.25, -0.2) is 8.42 Å². The Balaban J connectivity index is 2.69. The minimum atomic E-state index is -3.02. The Morgan fingerprint density at radius 2 is 2.00 bits per heavy atom. The molecule has 5 heteroatoms. The molecule has 71 valence electrons. The number of sulfonamides is 1. The van der Waals surface area contributed by atoms with Gasteiger partial charge in [0, 0.05) is 32.7 Å². The zero-order chi connectivity index (χ0) is 9.35. The monoisotopic (exact) mass is 191 g/mol. The molecule has 0 amide bonds. The van der Waals surface area contributed by atoms with E-state index in [0.29, 0.717) is 13.1 Å². The van der Waals surface area contributed by atoms with E-state index in [4.69, 9.17) is 0 Å². The van der Waals surface area contributed by atoms with Crippen molar-refractivity contribution in [2.45, 2.75) is 13.0 Å². The molecule has 0 aromatic carbocycles. The molecule has 1 rings (SSSR count). The van der Waals surface area contributed by atoms with Gasteiger partial charge in [-0.05, 0) is 6.92 Å². The predicted octanol–water partition coefficient (Wildman–Crippen LogP) is -0.256. The van der Waals surface area contributed by atoms with Crippen molar-refractivity contribution in [2.75, 3.05) is 25.9 Å². The Morgan fingerprint density at radius 1 is 1.42 bits per heavy atom. The molecule has 0 aromatic rings. The Bertz CT molecular complexity index is 250. The first-order chi connectivity index (χ1) is 5.41. The van der Waals surface area contributed by atoms with Gasteiger partial charge in [0.05, 0.1) is 6.26 Å². The lowest BCUT2D eigenvalue weighted by molar-refractivity contribution is 0.186. The molecular formula is C7H15N2O2S. The second kappa shape index (κ2) is 3.32. The van der Waals surface area contributed by atoms with E-state index in [1.54, 1.807) is 0 Å². The third-order valence-electron chi connectivity index (χ3n) is 2.08. The van der Waals surface area contributed by atoms with Crippen molar-refractivity contribution in [3.63, 3.8) is 0 Å². The average Bonchev–Trinajstić information content (AvgIpc) is 1.83. The second-order valence-electron chi connectivity index (χ2n) is 3.30. The van der Waals surface area contributed by atoms with E-state index in [2.05, 4.69) is 7.05 Å². The van der Waals surface area contributed by atoms with E-state index < -0.39 is 10.0 Å². The van der Waals surface area contributed by atoms with Crippen LogP contribution in [-0.4, -0.2) is 49.6 Å². The molecule has 0 aliphatic carbocycles. The zero-order valence-electron chi connectivity index (χ0n) is 7.52. The summed E-state index contributed by atoms with van der Waals surface area (Å²) in [5.74, 6) is 0. The Hall–Kier alpha value is -0.130. The van der Waals surface area contributed by atoms with Crippen molar-refractivity contribution in [3.05, 3.63) is 7.05 Å². The van der Waals surface area contributed by atoms with Crippen LogP contribution in [0.3, 0.4) is 0 Å². The summed E-state index contributed by atoms with van der Waals surface area (Å²) in [5, 5.41) is 0. The molecule has 1 aliphatic heterocycles. The van der Waals surface area contributed by atoms with Crippen LogP contribution in [0.2, 0.25) is 0 Å². The summed E-state index contributed by atoms with van der Waals surface area (Å²) >= 11 is 0. The summed E-state index contributed by atoms with van der Waals surface area (Å²) in [6.07, 6.45) is 1.25. The van der Waals surface area contributed by atoms with Crippen molar-refractivity contribution in [1.29, 1.82) is 0 Å². The first-order valence-electron chi connectivity index (χ1n) is 3.93. The maximum atomic E-state index is 11.2. The van der Waals surface area contributed by atoms with Crippen molar-refractivity contribution in [1.82, 2.24) is 9.21 Å². The molecule has 1 aliphatic rings. The lowest BCUT2D eigenvalue weighted by Crippen LogP contribution is -2.51.